The molecule has 0 heterocycles. The molecule has 0 amide bonds. The Balaban J connectivity index is 2.57. The van der Waals surface area contributed by atoms with Crippen molar-refractivity contribution in [1.82, 2.24) is 0 Å². The number of hydrogen-bond donors (Lipinski definition) is 0. The Morgan fingerprint density at radius 2 is 1.60 bits per heavy atom. The van der Waals surface area contributed by atoms with E-state index >= 15 is 0 Å². The molecule has 100 valence electrons. The highest BCUT2D eigenvalue weighted by atomic mass is 35.5. The van der Waals surface area contributed by atoms with Crippen LogP contribution in [-0.4, -0.2) is 11.6 Å². The van der Waals surface area contributed by atoms with Crippen LogP contribution in [0.15, 0.2) is 55.1 Å². The van der Waals surface area contributed by atoms with E-state index in [0.717, 1.165) is 5.56 Å². The highest BCUT2D eigenvalue weighted by molar-refractivity contribution is 6.36. The normalized spacial score (nSPS) is 10.1. The number of ketones is 2. The molecular formula is C17H13ClO2. The van der Waals surface area contributed by atoms with Gasteiger partial charge in [0.15, 0.2) is 11.6 Å². The molecule has 0 atom stereocenters. The first-order chi connectivity index (χ1) is 9.56. The fourth-order valence-electron chi connectivity index (χ4n) is 1.97. The van der Waals surface area contributed by atoms with Crippen LogP contribution in [0.5, 0.6) is 0 Å². The van der Waals surface area contributed by atoms with Crippen molar-refractivity contribution in [3.05, 3.63) is 82.4 Å². The summed E-state index contributed by atoms with van der Waals surface area (Å²) in [6.07, 6.45) is 1.20. The van der Waals surface area contributed by atoms with Gasteiger partial charge in [0.25, 0.3) is 0 Å². The minimum Gasteiger partial charge on any atom is -0.289 e. The number of allylic oxidation sites excluding steroid dienone is 1. The number of rotatable bonds is 4. The van der Waals surface area contributed by atoms with Crippen molar-refractivity contribution in [3.8, 4) is 0 Å². The molecule has 0 aromatic heterocycles. The van der Waals surface area contributed by atoms with E-state index in [-0.39, 0.29) is 11.6 Å². The van der Waals surface area contributed by atoms with Crippen molar-refractivity contribution in [1.29, 1.82) is 0 Å². The summed E-state index contributed by atoms with van der Waals surface area (Å²) in [6, 6.07) is 11.9. The number of hydrogen-bond acceptors (Lipinski definition) is 2. The first kappa shape index (κ1) is 14.2. The quantitative estimate of drug-likeness (QED) is 0.621. The lowest BCUT2D eigenvalue weighted by Crippen LogP contribution is -2.09. The topological polar surface area (TPSA) is 34.1 Å². The fourth-order valence-corrected chi connectivity index (χ4v) is 2.19. The molecule has 0 N–H and O–H groups in total. The van der Waals surface area contributed by atoms with Crippen LogP contribution in [0.4, 0.5) is 0 Å². The van der Waals surface area contributed by atoms with Crippen molar-refractivity contribution in [2.75, 3.05) is 0 Å². The monoisotopic (exact) mass is 284 g/mol. The Labute approximate surface area is 122 Å². The molecular weight excluding hydrogens is 272 g/mol. The largest absolute Gasteiger partial charge is 0.289 e. The number of carbonyl (C=O) groups is 2. The van der Waals surface area contributed by atoms with Crippen LogP contribution >= 0.6 is 11.6 Å². The molecule has 2 rings (SSSR count). The Morgan fingerprint density at radius 1 is 1.00 bits per heavy atom. The first-order valence-corrected chi connectivity index (χ1v) is 6.49. The van der Waals surface area contributed by atoms with E-state index in [0.29, 0.717) is 21.7 Å². The SMILES string of the molecule is C=CC(=O)c1ccccc1C(=O)c1cccc(C)c1Cl. The van der Waals surface area contributed by atoms with Gasteiger partial charge in [-0.2, -0.15) is 0 Å². The van der Waals surface area contributed by atoms with Gasteiger partial charge in [0, 0.05) is 16.7 Å². The Morgan fingerprint density at radius 3 is 2.25 bits per heavy atom. The molecule has 0 radical (unpaired) electrons. The molecule has 0 unspecified atom stereocenters. The lowest BCUT2D eigenvalue weighted by Gasteiger charge is -2.09. The van der Waals surface area contributed by atoms with E-state index in [1.54, 1.807) is 36.4 Å². The van der Waals surface area contributed by atoms with E-state index in [1.807, 2.05) is 13.0 Å². The van der Waals surface area contributed by atoms with Gasteiger partial charge >= 0.3 is 0 Å². The maximum absolute atomic E-state index is 12.6. The summed E-state index contributed by atoms with van der Waals surface area (Å²) in [5.41, 5.74) is 1.90. The smallest absolute Gasteiger partial charge is 0.195 e. The average Bonchev–Trinajstić information content (AvgIpc) is 2.48. The zero-order valence-corrected chi connectivity index (χ0v) is 11.8. The number of halogens is 1. The highest BCUT2D eigenvalue weighted by Gasteiger charge is 2.19. The third kappa shape index (κ3) is 2.56. The number of benzene rings is 2. The van der Waals surface area contributed by atoms with Crippen LogP contribution in [-0.2, 0) is 0 Å². The van der Waals surface area contributed by atoms with Gasteiger partial charge < -0.3 is 0 Å². The third-order valence-electron chi connectivity index (χ3n) is 3.06. The maximum atomic E-state index is 12.6. The van der Waals surface area contributed by atoms with Crippen molar-refractivity contribution in [2.45, 2.75) is 6.92 Å². The highest BCUT2D eigenvalue weighted by Crippen LogP contribution is 2.24. The molecule has 20 heavy (non-hydrogen) atoms. The second kappa shape index (κ2) is 5.85. The zero-order valence-electron chi connectivity index (χ0n) is 11.0. The lowest BCUT2D eigenvalue weighted by atomic mass is 9.95. The summed E-state index contributed by atoms with van der Waals surface area (Å²) in [7, 11) is 0. The lowest BCUT2D eigenvalue weighted by molar-refractivity contribution is 0.101. The van der Waals surface area contributed by atoms with E-state index in [2.05, 4.69) is 6.58 Å². The van der Waals surface area contributed by atoms with Crippen molar-refractivity contribution in [2.24, 2.45) is 0 Å². The van der Waals surface area contributed by atoms with Crippen LogP contribution in [0, 0.1) is 6.92 Å². The summed E-state index contributed by atoms with van der Waals surface area (Å²) in [6.45, 7) is 5.29. The summed E-state index contributed by atoms with van der Waals surface area (Å²) in [5, 5.41) is 0.415. The Bertz CT molecular complexity index is 702. The van der Waals surface area contributed by atoms with Crippen molar-refractivity contribution >= 4 is 23.2 Å². The maximum Gasteiger partial charge on any atom is 0.195 e. The fraction of sp³-hybridized carbons (Fsp3) is 0.0588. The van der Waals surface area contributed by atoms with E-state index in [9.17, 15) is 9.59 Å². The van der Waals surface area contributed by atoms with Gasteiger partial charge in [0.1, 0.15) is 0 Å². The molecule has 0 saturated carbocycles. The minimum atomic E-state index is -0.280. The Hall–Kier alpha value is -2.19. The molecule has 3 heteroatoms. The zero-order chi connectivity index (χ0) is 14.7. The molecule has 0 aliphatic carbocycles. The van der Waals surface area contributed by atoms with Gasteiger partial charge in [-0.25, -0.2) is 0 Å². The van der Waals surface area contributed by atoms with Gasteiger partial charge in [-0.1, -0.05) is 54.6 Å². The second-order valence-electron chi connectivity index (χ2n) is 4.38. The van der Waals surface area contributed by atoms with Crippen LogP contribution in [0.2, 0.25) is 5.02 Å². The summed E-state index contributed by atoms with van der Waals surface area (Å²) >= 11 is 6.18. The molecule has 0 saturated heterocycles. The van der Waals surface area contributed by atoms with Gasteiger partial charge in [0.05, 0.1) is 5.02 Å². The second-order valence-corrected chi connectivity index (χ2v) is 4.76. The van der Waals surface area contributed by atoms with Gasteiger partial charge in [-0.05, 0) is 24.6 Å². The molecule has 0 aliphatic rings. The number of aryl methyl sites for hydroxylation is 1. The van der Waals surface area contributed by atoms with Crippen LogP contribution in [0.25, 0.3) is 0 Å². The van der Waals surface area contributed by atoms with Gasteiger partial charge in [-0.15, -0.1) is 0 Å². The summed E-state index contributed by atoms with van der Waals surface area (Å²) in [5.74, 6) is -0.540. The predicted octanol–water partition coefficient (Wildman–Crippen LogP) is 4.25. The molecule has 0 aliphatic heterocycles. The van der Waals surface area contributed by atoms with Gasteiger partial charge in [0.2, 0.25) is 0 Å². The third-order valence-corrected chi connectivity index (χ3v) is 3.56. The van der Waals surface area contributed by atoms with Crippen LogP contribution in [0.3, 0.4) is 0 Å². The molecule has 0 spiro atoms. The van der Waals surface area contributed by atoms with Crippen LogP contribution in [0.1, 0.15) is 31.8 Å². The molecule has 2 aromatic rings. The molecule has 0 bridgehead atoms. The van der Waals surface area contributed by atoms with Gasteiger partial charge in [-0.3, -0.25) is 9.59 Å². The predicted molar refractivity (Wildman–Crippen MR) is 80.6 cm³/mol. The van der Waals surface area contributed by atoms with E-state index in [1.165, 1.54) is 6.08 Å². The average molecular weight is 285 g/mol. The molecule has 2 aromatic carbocycles. The van der Waals surface area contributed by atoms with Crippen molar-refractivity contribution in [3.63, 3.8) is 0 Å². The van der Waals surface area contributed by atoms with Crippen LogP contribution < -0.4 is 0 Å². The minimum absolute atomic E-state index is 0.260. The van der Waals surface area contributed by atoms with E-state index in [4.69, 9.17) is 11.6 Å². The summed E-state index contributed by atoms with van der Waals surface area (Å²) < 4.78 is 0. The van der Waals surface area contributed by atoms with Crippen molar-refractivity contribution < 1.29 is 9.59 Å². The Kier molecular flexibility index (Phi) is 4.16. The molecule has 2 nitrogen and oxygen atoms in total. The summed E-state index contributed by atoms with van der Waals surface area (Å²) in [4.78, 5) is 24.4. The standard InChI is InChI=1S/C17H13ClO2/c1-3-15(19)12-8-4-5-9-13(12)17(20)14-10-6-7-11(2)16(14)18/h3-10H,1H2,2H3. The number of carbonyl (C=O) groups excluding carboxylic acids is 2. The first-order valence-electron chi connectivity index (χ1n) is 6.12. The molecule has 0 fully saturated rings. The van der Waals surface area contributed by atoms with E-state index < -0.39 is 0 Å².